The molecule has 0 spiro atoms. The minimum absolute atomic E-state index is 0.0296. The number of amides is 2. The summed E-state index contributed by atoms with van der Waals surface area (Å²) < 4.78 is 0. The average molecular weight is 360 g/mol. The molecule has 0 aliphatic rings. The zero-order chi connectivity index (χ0) is 18.4. The smallest absolute Gasteiger partial charge is 0.271 e. The number of nitrogens with one attached hydrogen (secondary N) is 2. The summed E-state index contributed by atoms with van der Waals surface area (Å²) in [5.41, 5.74) is 4.60. The van der Waals surface area contributed by atoms with Crippen molar-refractivity contribution in [2.24, 2.45) is 5.10 Å². The van der Waals surface area contributed by atoms with E-state index in [1.807, 2.05) is 6.92 Å². The number of nitrogens with zero attached hydrogens (tertiary/aromatic N) is 1. The fourth-order valence-corrected chi connectivity index (χ4v) is 2.21. The predicted molar refractivity (Wildman–Crippen MR) is 98.1 cm³/mol. The van der Waals surface area contributed by atoms with Gasteiger partial charge in [-0.1, -0.05) is 17.7 Å². The monoisotopic (exact) mass is 359 g/mol. The Bertz CT molecular complexity index is 817. The SMILES string of the molecule is CC(CC(=O)Nc1cccc(Cl)c1C)=NNC(=O)c1ccc(O)cc1. The van der Waals surface area contributed by atoms with Crippen molar-refractivity contribution in [1.29, 1.82) is 0 Å². The number of hydrogen-bond acceptors (Lipinski definition) is 4. The van der Waals surface area contributed by atoms with Gasteiger partial charge < -0.3 is 10.4 Å². The largest absolute Gasteiger partial charge is 0.508 e. The summed E-state index contributed by atoms with van der Waals surface area (Å²) in [6, 6.07) is 11.0. The Hall–Kier alpha value is -2.86. The third-order valence-electron chi connectivity index (χ3n) is 3.44. The molecule has 0 saturated heterocycles. The maximum atomic E-state index is 12.1. The molecular formula is C18H18ClN3O3. The quantitative estimate of drug-likeness (QED) is 0.563. The Labute approximate surface area is 150 Å². The van der Waals surface area contributed by atoms with Crippen molar-refractivity contribution in [3.8, 4) is 5.75 Å². The average Bonchev–Trinajstić information content (AvgIpc) is 2.57. The van der Waals surface area contributed by atoms with Gasteiger partial charge in [0.05, 0.1) is 6.42 Å². The first-order chi connectivity index (χ1) is 11.9. The summed E-state index contributed by atoms with van der Waals surface area (Å²) in [6.45, 7) is 3.46. The van der Waals surface area contributed by atoms with Crippen LogP contribution in [0.4, 0.5) is 5.69 Å². The fraction of sp³-hybridized carbons (Fsp3) is 0.167. The molecule has 7 heteroatoms. The number of carbonyl (C=O) groups is 2. The van der Waals surface area contributed by atoms with Crippen molar-refractivity contribution < 1.29 is 14.7 Å². The van der Waals surface area contributed by atoms with E-state index in [-0.39, 0.29) is 18.1 Å². The third-order valence-corrected chi connectivity index (χ3v) is 3.85. The highest BCUT2D eigenvalue weighted by Gasteiger charge is 2.09. The number of phenolic OH excluding ortho intramolecular Hbond substituents is 1. The maximum Gasteiger partial charge on any atom is 0.271 e. The molecule has 2 aromatic carbocycles. The molecule has 0 unspecified atom stereocenters. The van der Waals surface area contributed by atoms with Crippen LogP contribution >= 0.6 is 11.6 Å². The summed E-state index contributed by atoms with van der Waals surface area (Å²) in [5, 5.41) is 16.4. The van der Waals surface area contributed by atoms with Crippen molar-refractivity contribution in [3.05, 3.63) is 58.6 Å². The molecule has 130 valence electrons. The van der Waals surface area contributed by atoms with Crippen molar-refractivity contribution in [3.63, 3.8) is 0 Å². The van der Waals surface area contributed by atoms with Gasteiger partial charge in [-0.3, -0.25) is 9.59 Å². The number of rotatable bonds is 5. The molecule has 3 N–H and O–H groups in total. The van der Waals surface area contributed by atoms with Crippen LogP contribution in [0.1, 0.15) is 29.3 Å². The standard InChI is InChI=1S/C18H18ClN3O3/c1-11(21-22-18(25)13-6-8-14(23)9-7-13)10-17(24)20-16-5-3-4-15(19)12(16)2/h3-9,23H,10H2,1-2H3,(H,20,24)(H,22,25). The second-order valence-corrected chi connectivity index (χ2v) is 5.88. The summed E-state index contributed by atoms with van der Waals surface area (Å²) in [7, 11) is 0. The van der Waals surface area contributed by atoms with Crippen LogP contribution in [-0.4, -0.2) is 22.6 Å². The molecule has 25 heavy (non-hydrogen) atoms. The topological polar surface area (TPSA) is 90.8 Å². The highest BCUT2D eigenvalue weighted by Crippen LogP contribution is 2.22. The van der Waals surface area contributed by atoms with Crippen molar-refractivity contribution >= 4 is 34.8 Å². The van der Waals surface area contributed by atoms with Gasteiger partial charge in [0.25, 0.3) is 5.91 Å². The van der Waals surface area contributed by atoms with E-state index in [1.165, 1.54) is 24.3 Å². The number of halogens is 1. The molecule has 0 aromatic heterocycles. The Morgan fingerprint density at radius 2 is 1.84 bits per heavy atom. The van der Waals surface area contributed by atoms with Crippen LogP contribution in [0.15, 0.2) is 47.6 Å². The zero-order valence-corrected chi connectivity index (χ0v) is 14.6. The highest BCUT2D eigenvalue weighted by molar-refractivity contribution is 6.31. The molecule has 0 fully saturated rings. The molecular weight excluding hydrogens is 342 g/mol. The Kier molecular flexibility index (Phi) is 6.14. The molecule has 0 bridgehead atoms. The number of aromatic hydroxyl groups is 1. The van der Waals surface area contributed by atoms with Crippen molar-refractivity contribution in [2.45, 2.75) is 20.3 Å². The number of hydrogen-bond donors (Lipinski definition) is 3. The Balaban J connectivity index is 1.92. The summed E-state index contributed by atoms with van der Waals surface area (Å²) in [5.74, 6) is -0.611. The van der Waals surface area contributed by atoms with E-state index in [4.69, 9.17) is 11.6 Å². The van der Waals surface area contributed by atoms with Gasteiger partial charge in [-0.05, 0) is 55.8 Å². The van der Waals surface area contributed by atoms with Gasteiger partial charge in [0, 0.05) is 22.0 Å². The van der Waals surface area contributed by atoms with Crippen LogP contribution in [0.2, 0.25) is 5.02 Å². The van der Waals surface area contributed by atoms with Crippen LogP contribution in [0.25, 0.3) is 0 Å². The number of phenols is 1. The van der Waals surface area contributed by atoms with Crippen LogP contribution < -0.4 is 10.7 Å². The zero-order valence-electron chi connectivity index (χ0n) is 13.8. The lowest BCUT2D eigenvalue weighted by atomic mass is 10.2. The molecule has 0 aliphatic heterocycles. The van der Waals surface area contributed by atoms with Gasteiger partial charge in [-0.15, -0.1) is 0 Å². The summed E-state index contributed by atoms with van der Waals surface area (Å²) >= 11 is 6.02. The van der Waals surface area contributed by atoms with E-state index >= 15 is 0 Å². The van der Waals surface area contributed by atoms with Crippen molar-refractivity contribution in [1.82, 2.24) is 5.43 Å². The maximum absolute atomic E-state index is 12.1. The van der Waals surface area contributed by atoms with Gasteiger partial charge in [0.2, 0.25) is 5.91 Å². The lowest BCUT2D eigenvalue weighted by Crippen LogP contribution is -2.21. The van der Waals surface area contributed by atoms with Crippen LogP contribution in [0.5, 0.6) is 5.75 Å². The molecule has 6 nitrogen and oxygen atoms in total. The molecule has 2 aromatic rings. The number of carbonyl (C=O) groups excluding carboxylic acids is 2. The minimum Gasteiger partial charge on any atom is -0.508 e. The molecule has 0 heterocycles. The van der Waals surface area contributed by atoms with Crippen LogP contribution in [0.3, 0.4) is 0 Å². The van der Waals surface area contributed by atoms with E-state index in [1.54, 1.807) is 25.1 Å². The fourth-order valence-electron chi connectivity index (χ4n) is 2.03. The van der Waals surface area contributed by atoms with Gasteiger partial charge in [-0.25, -0.2) is 5.43 Å². The third kappa shape index (κ3) is 5.32. The summed E-state index contributed by atoms with van der Waals surface area (Å²) in [6.07, 6.45) is 0.0296. The molecule has 2 amide bonds. The van der Waals surface area contributed by atoms with Crippen LogP contribution in [-0.2, 0) is 4.79 Å². The van der Waals surface area contributed by atoms with E-state index in [0.29, 0.717) is 22.0 Å². The number of hydrazone groups is 1. The lowest BCUT2D eigenvalue weighted by Gasteiger charge is -2.09. The van der Waals surface area contributed by atoms with E-state index < -0.39 is 5.91 Å². The summed E-state index contributed by atoms with van der Waals surface area (Å²) in [4.78, 5) is 24.0. The lowest BCUT2D eigenvalue weighted by molar-refractivity contribution is -0.115. The Morgan fingerprint density at radius 1 is 1.16 bits per heavy atom. The second kappa shape index (κ2) is 8.30. The molecule has 0 aliphatic carbocycles. The first-order valence-electron chi connectivity index (χ1n) is 7.54. The van der Waals surface area contributed by atoms with Crippen LogP contribution in [0, 0.1) is 6.92 Å². The molecule has 0 atom stereocenters. The van der Waals surface area contributed by atoms with E-state index in [0.717, 1.165) is 5.56 Å². The normalized spacial score (nSPS) is 11.1. The molecule has 0 saturated carbocycles. The molecule has 0 radical (unpaired) electrons. The van der Waals surface area contributed by atoms with E-state index in [2.05, 4.69) is 15.8 Å². The highest BCUT2D eigenvalue weighted by atomic mass is 35.5. The number of anilines is 1. The molecule has 2 rings (SSSR count). The second-order valence-electron chi connectivity index (χ2n) is 5.47. The minimum atomic E-state index is -0.426. The predicted octanol–water partition coefficient (Wildman–Crippen LogP) is 3.49. The van der Waals surface area contributed by atoms with Gasteiger partial charge in [0.15, 0.2) is 0 Å². The van der Waals surface area contributed by atoms with Crippen molar-refractivity contribution in [2.75, 3.05) is 5.32 Å². The number of benzene rings is 2. The van der Waals surface area contributed by atoms with Gasteiger partial charge >= 0.3 is 0 Å². The van der Waals surface area contributed by atoms with Gasteiger partial charge in [0.1, 0.15) is 5.75 Å². The Morgan fingerprint density at radius 3 is 2.52 bits per heavy atom. The van der Waals surface area contributed by atoms with E-state index in [9.17, 15) is 14.7 Å². The first-order valence-corrected chi connectivity index (χ1v) is 7.92. The van der Waals surface area contributed by atoms with Gasteiger partial charge in [-0.2, -0.15) is 5.10 Å². The first kappa shape index (κ1) is 18.5.